The molecule has 5 nitrogen and oxygen atoms in total. The fraction of sp³-hybridized carbons (Fsp3) is 0.429. The molecule has 1 aromatic carbocycles. The van der Waals surface area contributed by atoms with E-state index in [0.717, 1.165) is 6.07 Å². The van der Waals surface area contributed by atoms with Crippen LogP contribution in [0.3, 0.4) is 0 Å². The molecule has 2 unspecified atom stereocenters. The van der Waals surface area contributed by atoms with Crippen LogP contribution in [-0.4, -0.2) is 31.1 Å². The maximum absolute atomic E-state index is 14.1. The van der Waals surface area contributed by atoms with Gasteiger partial charge in [0.1, 0.15) is 29.9 Å². The Morgan fingerprint density at radius 3 is 2.57 bits per heavy atom. The smallest absolute Gasteiger partial charge is 0.137 e. The molecule has 21 heavy (non-hydrogen) atoms. The first-order valence-corrected chi connectivity index (χ1v) is 6.53. The number of aliphatic hydroxyl groups excluding tert-OH is 1. The molecule has 2 aromatic rings. The van der Waals surface area contributed by atoms with Gasteiger partial charge in [0, 0.05) is 17.5 Å². The fourth-order valence-electron chi connectivity index (χ4n) is 2.28. The standard InChI is InChI=1S/C14H17F2N3O2/c1-9(10(2)20)14(21,6-19-8-17-7-18-19)12-4-3-11(15)5-13(12)16/h3-5,7-10,20-21H,6H2,1-2H3/t9-,10?,14?/m0/s1. The van der Waals surface area contributed by atoms with Gasteiger partial charge in [-0.3, -0.25) is 0 Å². The zero-order chi connectivity index (χ0) is 15.6. The molecule has 0 amide bonds. The summed E-state index contributed by atoms with van der Waals surface area (Å²) in [7, 11) is 0. The van der Waals surface area contributed by atoms with E-state index < -0.39 is 29.3 Å². The molecule has 1 aromatic heterocycles. The molecule has 0 spiro atoms. The normalized spacial score (nSPS) is 17.2. The Balaban J connectivity index is 2.49. The number of hydrogen-bond donors (Lipinski definition) is 2. The molecule has 0 radical (unpaired) electrons. The van der Waals surface area contributed by atoms with Gasteiger partial charge >= 0.3 is 0 Å². The van der Waals surface area contributed by atoms with E-state index in [1.54, 1.807) is 6.92 Å². The van der Waals surface area contributed by atoms with Gasteiger partial charge in [-0.2, -0.15) is 5.10 Å². The number of nitrogens with zero attached hydrogens (tertiary/aromatic N) is 3. The van der Waals surface area contributed by atoms with Crippen molar-refractivity contribution in [3.63, 3.8) is 0 Å². The molecule has 2 rings (SSSR count). The molecule has 0 aliphatic carbocycles. The van der Waals surface area contributed by atoms with E-state index in [1.807, 2.05) is 0 Å². The van der Waals surface area contributed by atoms with Gasteiger partial charge < -0.3 is 10.2 Å². The molecule has 0 fully saturated rings. The van der Waals surface area contributed by atoms with Gasteiger partial charge in [0.2, 0.25) is 0 Å². The van der Waals surface area contributed by atoms with Crippen LogP contribution in [0, 0.1) is 17.6 Å². The minimum absolute atomic E-state index is 0.0900. The van der Waals surface area contributed by atoms with E-state index >= 15 is 0 Å². The van der Waals surface area contributed by atoms with E-state index in [1.165, 1.54) is 30.3 Å². The van der Waals surface area contributed by atoms with Gasteiger partial charge in [0.15, 0.2) is 0 Å². The van der Waals surface area contributed by atoms with Crippen LogP contribution in [0.25, 0.3) is 0 Å². The Kier molecular flexibility index (Phi) is 4.34. The quantitative estimate of drug-likeness (QED) is 0.876. The van der Waals surface area contributed by atoms with Crippen LogP contribution in [0.1, 0.15) is 19.4 Å². The number of benzene rings is 1. The topological polar surface area (TPSA) is 71.2 Å². The number of halogens is 2. The first-order valence-electron chi connectivity index (χ1n) is 6.53. The highest BCUT2D eigenvalue weighted by atomic mass is 19.1. The average Bonchev–Trinajstić information content (AvgIpc) is 2.89. The maximum atomic E-state index is 14.1. The minimum atomic E-state index is -1.75. The van der Waals surface area contributed by atoms with Crippen molar-refractivity contribution in [1.82, 2.24) is 14.8 Å². The monoisotopic (exact) mass is 297 g/mol. The van der Waals surface area contributed by atoms with Crippen molar-refractivity contribution in [2.45, 2.75) is 32.1 Å². The SMILES string of the molecule is CC(O)[C@H](C)C(O)(Cn1cncn1)c1ccc(F)cc1F. The molecule has 114 valence electrons. The third-order valence-corrected chi connectivity index (χ3v) is 3.74. The van der Waals surface area contributed by atoms with E-state index in [9.17, 15) is 19.0 Å². The van der Waals surface area contributed by atoms with E-state index in [2.05, 4.69) is 10.1 Å². The Bertz CT molecular complexity index is 604. The summed E-state index contributed by atoms with van der Waals surface area (Å²) in [5.41, 5.74) is -1.84. The van der Waals surface area contributed by atoms with Gasteiger partial charge in [0.25, 0.3) is 0 Å². The number of aromatic nitrogens is 3. The van der Waals surface area contributed by atoms with Crippen molar-refractivity contribution in [2.24, 2.45) is 5.92 Å². The van der Waals surface area contributed by atoms with Gasteiger partial charge in [-0.25, -0.2) is 18.4 Å². The summed E-state index contributed by atoms with van der Waals surface area (Å²) >= 11 is 0. The molecular weight excluding hydrogens is 280 g/mol. The van der Waals surface area contributed by atoms with Crippen LogP contribution >= 0.6 is 0 Å². The van der Waals surface area contributed by atoms with Crippen molar-refractivity contribution in [2.75, 3.05) is 0 Å². The second-order valence-electron chi connectivity index (χ2n) is 5.17. The summed E-state index contributed by atoms with van der Waals surface area (Å²) < 4.78 is 28.5. The zero-order valence-corrected chi connectivity index (χ0v) is 11.7. The van der Waals surface area contributed by atoms with Crippen LogP contribution in [0.4, 0.5) is 8.78 Å². The van der Waals surface area contributed by atoms with E-state index in [-0.39, 0.29) is 12.1 Å². The minimum Gasteiger partial charge on any atom is -0.393 e. The predicted molar refractivity (Wildman–Crippen MR) is 71.1 cm³/mol. The lowest BCUT2D eigenvalue weighted by atomic mass is 9.79. The highest BCUT2D eigenvalue weighted by Gasteiger charge is 2.41. The van der Waals surface area contributed by atoms with Crippen LogP contribution in [-0.2, 0) is 12.1 Å². The van der Waals surface area contributed by atoms with Crippen LogP contribution in [0.5, 0.6) is 0 Å². The summed E-state index contributed by atoms with van der Waals surface area (Å²) in [5.74, 6) is -2.31. The molecule has 0 bridgehead atoms. The fourth-order valence-corrected chi connectivity index (χ4v) is 2.28. The highest BCUT2D eigenvalue weighted by Crippen LogP contribution is 2.35. The Morgan fingerprint density at radius 2 is 2.05 bits per heavy atom. The van der Waals surface area contributed by atoms with Crippen LogP contribution < -0.4 is 0 Å². The van der Waals surface area contributed by atoms with E-state index in [4.69, 9.17) is 0 Å². The molecule has 0 saturated heterocycles. The maximum Gasteiger partial charge on any atom is 0.137 e. The highest BCUT2D eigenvalue weighted by molar-refractivity contribution is 5.26. The van der Waals surface area contributed by atoms with Gasteiger partial charge in [-0.15, -0.1) is 0 Å². The molecule has 0 aliphatic heterocycles. The first kappa shape index (κ1) is 15.5. The number of rotatable bonds is 5. The summed E-state index contributed by atoms with van der Waals surface area (Å²) in [5, 5.41) is 24.6. The van der Waals surface area contributed by atoms with Crippen molar-refractivity contribution < 1.29 is 19.0 Å². The Hall–Kier alpha value is -1.86. The third-order valence-electron chi connectivity index (χ3n) is 3.74. The lowest BCUT2D eigenvalue weighted by Crippen LogP contribution is -2.43. The van der Waals surface area contributed by atoms with Gasteiger partial charge in [-0.05, 0) is 13.0 Å². The molecule has 3 atom stereocenters. The number of aliphatic hydroxyl groups is 2. The molecular formula is C14H17F2N3O2. The summed E-state index contributed by atoms with van der Waals surface area (Å²) in [4.78, 5) is 3.77. The van der Waals surface area contributed by atoms with Crippen LogP contribution in [0.15, 0.2) is 30.9 Å². The lowest BCUT2D eigenvalue weighted by molar-refractivity contribution is -0.0800. The zero-order valence-electron chi connectivity index (χ0n) is 11.7. The molecule has 7 heteroatoms. The van der Waals surface area contributed by atoms with Crippen molar-refractivity contribution in [1.29, 1.82) is 0 Å². The summed E-state index contributed by atoms with van der Waals surface area (Å²) in [6.45, 7) is 2.98. The average molecular weight is 297 g/mol. The molecule has 0 saturated carbocycles. The third kappa shape index (κ3) is 3.08. The van der Waals surface area contributed by atoms with Crippen molar-refractivity contribution in [3.8, 4) is 0 Å². The largest absolute Gasteiger partial charge is 0.393 e. The second kappa shape index (κ2) is 5.87. The predicted octanol–water partition coefficient (Wildman–Crippen LogP) is 1.46. The molecule has 2 N–H and O–H groups in total. The second-order valence-corrected chi connectivity index (χ2v) is 5.17. The Morgan fingerprint density at radius 1 is 1.33 bits per heavy atom. The molecule has 0 aliphatic rings. The summed E-state index contributed by atoms with van der Waals surface area (Å²) in [6.07, 6.45) is 1.76. The van der Waals surface area contributed by atoms with E-state index in [0.29, 0.717) is 6.07 Å². The van der Waals surface area contributed by atoms with Gasteiger partial charge in [0.05, 0.1) is 12.6 Å². The first-order chi connectivity index (χ1) is 9.84. The van der Waals surface area contributed by atoms with Crippen molar-refractivity contribution >= 4 is 0 Å². The lowest BCUT2D eigenvalue weighted by Gasteiger charge is -2.36. The van der Waals surface area contributed by atoms with Crippen LogP contribution in [0.2, 0.25) is 0 Å². The van der Waals surface area contributed by atoms with Crippen molar-refractivity contribution in [3.05, 3.63) is 48.1 Å². The number of hydrogen-bond acceptors (Lipinski definition) is 4. The molecule has 1 heterocycles. The summed E-state index contributed by atoms with van der Waals surface area (Å²) in [6, 6.07) is 2.95. The Labute approximate surface area is 120 Å². The van der Waals surface area contributed by atoms with Gasteiger partial charge in [-0.1, -0.05) is 13.0 Å².